The predicted molar refractivity (Wildman–Crippen MR) is 82.7 cm³/mol. The summed E-state index contributed by atoms with van der Waals surface area (Å²) < 4.78 is 0. The van der Waals surface area contributed by atoms with Gasteiger partial charge in [0, 0.05) is 35.0 Å². The second-order valence-corrected chi connectivity index (χ2v) is 5.35. The number of benzene rings is 1. The molecule has 0 radical (unpaired) electrons. The number of aliphatic carboxylic acids is 1. The van der Waals surface area contributed by atoms with E-state index >= 15 is 0 Å². The Balaban J connectivity index is 2.64. The minimum Gasteiger partial charge on any atom is -0.478 e. The van der Waals surface area contributed by atoms with Crippen LogP contribution in [0.5, 0.6) is 0 Å². The largest absolute Gasteiger partial charge is 0.478 e. The third kappa shape index (κ3) is 2.98. The smallest absolute Gasteiger partial charge is 0.334 e. The SMILES string of the molecule is CC(=O)C1=C(C)NC(C)=C(C(=O)O)[C@H]1c1ccc([N+](=O)[O-])cc1. The van der Waals surface area contributed by atoms with Crippen molar-refractivity contribution in [2.75, 3.05) is 0 Å². The van der Waals surface area contributed by atoms with Crippen molar-refractivity contribution in [2.45, 2.75) is 26.7 Å². The molecule has 0 amide bonds. The van der Waals surface area contributed by atoms with Crippen molar-refractivity contribution in [3.05, 3.63) is 62.5 Å². The number of carboxylic acids is 1. The summed E-state index contributed by atoms with van der Waals surface area (Å²) in [5.74, 6) is -2.14. The molecule has 1 atom stereocenters. The number of Topliss-reactive ketones (excluding diaryl/α,β-unsaturated/α-hetero) is 1. The molecule has 0 spiro atoms. The Morgan fingerprint density at radius 3 is 2.09 bits per heavy atom. The van der Waals surface area contributed by atoms with Gasteiger partial charge in [0.25, 0.3) is 5.69 Å². The summed E-state index contributed by atoms with van der Waals surface area (Å²) in [6.45, 7) is 4.71. The second kappa shape index (κ2) is 6.04. The Morgan fingerprint density at radius 2 is 1.65 bits per heavy atom. The van der Waals surface area contributed by atoms with Crippen molar-refractivity contribution >= 4 is 17.4 Å². The van der Waals surface area contributed by atoms with Crippen molar-refractivity contribution in [1.29, 1.82) is 0 Å². The van der Waals surface area contributed by atoms with E-state index < -0.39 is 16.8 Å². The highest BCUT2D eigenvalue weighted by Gasteiger charge is 2.35. The fourth-order valence-electron chi connectivity index (χ4n) is 2.87. The number of ketones is 1. The number of carboxylic acid groups (broad SMARTS) is 1. The van der Waals surface area contributed by atoms with Crippen molar-refractivity contribution in [3.63, 3.8) is 0 Å². The summed E-state index contributed by atoms with van der Waals surface area (Å²) in [4.78, 5) is 33.9. The fourth-order valence-corrected chi connectivity index (χ4v) is 2.87. The van der Waals surface area contributed by atoms with Crippen molar-refractivity contribution in [3.8, 4) is 0 Å². The van der Waals surface area contributed by atoms with Gasteiger partial charge < -0.3 is 10.4 Å². The first-order chi connectivity index (χ1) is 10.7. The van der Waals surface area contributed by atoms with Gasteiger partial charge >= 0.3 is 5.97 Å². The lowest BCUT2D eigenvalue weighted by atomic mass is 9.79. The van der Waals surface area contributed by atoms with Gasteiger partial charge in [-0.05, 0) is 26.3 Å². The molecule has 0 saturated carbocycles. The topological polar surface area (TPSA) is 110 Å². The molecule has 0 fully saturated rings. The van der Waals surface area contributed by atoms with E-state index in [1.807, 2.05) is 0 Å². The fraction of sp³-hybridized carbons (Fsp3) is 0.250. The number of hydrogen-bond acceptors (Lipinski definition) is 5. The van der Waals surface area contributed by atoms with Crippen LogP contribution < -0.4 is 5.32 Å². The molecule has 2 rings (SSSR count). The summed E-state index contributed by atoms with van der Waals surface area (Å²) in [6, 6.07) is 5.58. The van der Waals surface area contributed by atoms with E-state index in [1.54, 1.807) is 13.8 Å². The molecule has 120 valence electrons. The standard InChI is InChI=1S/C16H16N2O5/c1-8-13(10(3)19)15(14(16(20)21)9(2)17-8)11-4-6-12(7-5-11)18(22)23/h4-7,15,17H,1-3H3,(H,20,21)/t15-/m0/s1. The molecule has 7 heteroatoms. The monoisotopic (exact) mass is 316 g/mol. The number of non-ortho nitro benzene ring substituents is 1. The summed E-state index contributed by atoms with van der Waals surface area (Å²) in [5.41, 5.74) is 1.88. The van der Waals surface area contributed by atoms with Gasteiger partial charge in [0.15, 0.2) is 5.78 Å². The predicted octanol–water partition coefficient (Wildman–Crippen LogP) is 2.50. The lowest BCUT2D eigenvalue weighted by molar-refractivity contribution is -0.384. The summed E-state index contributed by atoms with van der Waals surface area (Å²) in [7, 11) is 0. The van der Waals surface area contributed by atoms with E-state index in [9.17, 15) is 24.8 Å². The third-order valence-electron chi connectivity index (χ3n) is 3.81. The minimum atomic E-state index is -1.13. The van der Waals surface area contributed by atoms with Gasteiger partial charge in [-0.15, -0.1) is 0 Å². The number of carbonyl (C=O) groups excluding carboxylic acids is 1. The molecule has 1 aromatic rings. The Kier molecular flexibility index (Phi) is 4.31. The first-order valence-corrected chi connectivity index (χ1v) is 6.91. The Bertz CT molecular complexity index is 723. The van der Waals surface area contributed by atoms with Crippen LogP contribution in [-0.2, 0) is 9.59 Å². The maximum atomic E-state index is 12.0. The van der Waals surface area contributed by atoms with Crippen LogP contribution in [0.25, 0.3) is 0 Å². The van der Waals surface area contributed by atoms with Crippen molar-refractivity contribution < 1.29 is 19.6 Å². The molecule has 1 aliphatic heterocycles. The Labute approximate surface area is 132 Å². The molecule has 1 aromatic carbocycles. The van der Waals surface area contributed by atoms with E-state index in [2.05, 4.69) is 5.32 Å². The van der Waals surface area contributed by atoms with Crippen LogP contribution >= 0.6 is 0 Å². The van der Waals surface area contributed by atoms with Crippen LogP contribution in [0, 0.1) is 10.1 Å². The Morgan fingerprint density at radius 1 is 1.13 bits per heavy atom. The molecular formula is C16H16N2O5. The highest BCUT2D eigenvalue weighted by Crippen LogP contribution is 2.38. The maximum absolute atomic E-state index is 12.0. The quantitative estimate of drug-likeness (QED) is 0.652. The van der Waals surface area contributed by atoms with Gasteiger partial charge in [0.05, 0.1) is 10.5 Å². The number of dihydropyridines is 1. The zero-order chi connectivity index (χ0) is 17.3. The molecule has 7 nitrogen and oxygen atoms in total. The Hall–Kier alpha value is -2.96. The molecule has 0 saturated heterocycles. The number of nitrogens with one attached hydrogen (secondary N) is 1. The number of allylic oxidation sites excluding steroid dienone is 3. The molecule has 0 bridgehead atoms. The van der Waals surface area contributed by atoms with Crippen LogP contribution in [0.1, 0.15) is 32.3 Å². The highest BCUT2D eigenvalue weighted by molar-refractivity contribution is 6.01. The van der Waals surface area contributed by atoms with Gasteiger partial charge in [-0.3, -0.25) is 14.9 Å². The van der Waals surface area contributed by atoms with Gasteiger partial charge in [-0.1, -0.05) is 12.1 Å². The number of nitro groups is 1. The van der Waals surface area contributed by atoms with Gasteiger partial charge in [-0.25, -0.2) is 4.79 Å². The molecule has 2 N–H and O–H groups in total. The van der Waals surface area contributed by atoms with Crippen LogP contribution in [0.2, 0.25) is 0 Å². The number of nitro benzene ring substituents is 1. The van der Waals surface area contributed by atoms with E-state index in [0.29, 0.717) is 22.5 Å². The molecule has 23 heavy (non-hydrogen) atoms. The number of hydrogen-bond donors (Lipinski definition) is 2. The highest BCUT2D eigenvalue weighted by atomic mass is 16.6. The maximum Gasteiger partial charge on any atom is 0.334 e. The zero-order valence-electron chi connectivity index (χ0n) is 12.9. The average molecular weight is 316 g/mol. The molecular weight excluding hydrogens is 300 g/mol. The second-order valence-electron chi connectivity index (χ2n) is 5.35. The van der Waals surface area contributed by atoms with Gasteiger partial charge in [0.1, 0.15) is 0 Å². The van der Waals surface area contributed by atoms with Crippen LogP contribution in [0.4, 0.5) is 5.69 Å². The average Bonchev–Trinajstić information content (AvgIpc) is 2.45. The van der Waals surface area contributed by atoms with Crippen LogP contribution in [0.3, 0.4) is 0 Å². The first kappa shape index (κ1) is 16.4. The van der Waals surface area contributed by atoms with Crippen molar-refractivity contribution in [2.24, 2.45) is 0 Å². The van der Waals surface area contributed by atoms with E-state index in [1.165, 1.54) is 31.2 Å². The number of nitrogens with zero attached hydrogens (tertiary/aromatic N) is 1. The van der Waals surface area contributed by atoms with Crippen LogP contribution in [0.15, 0.2) is 46.8 Å². The molecule has 0 unspecified atom stereocenters. The van der Waals surface area contributed by atoms with E-state index in [0.717, 1.165) is 0 Å². The first-order valence-electron chi connectivity index (χ1n) is 6.91. The third-order valence-corrected chi connectivity index (χ3v) is 3.81. The van der Waals surface area contributed by atoms with E-state index in [-0.39, 0.29) is 17.0 Å². The lowest BCUT2D eigenvalue weighted by Gasteiger charge is -2.29. The normalized spacial score (nSPS) is 17.8. The molecule has 1 aliphatic rings. The summed E-state index contributed by atoms with van der Waals surface area (Å²) >= 11 is 0. The molecule has 1 heterocycles. The minimum absolute atomic E-state index is 0.0645. The molecule has 0 aliphatic carbocycles. The van der Waals surface area contributed by atoms with Crippen molar-refractivity contribution in [1.82, 2.24) is 5.32 Å². The van der Waals surface area contributed by atoms with Gasteiger partial charge in [-0.2, -0.15) is 0 Å². The lowest BCUT2D eigenvalue weighted by Crippen LogP contribution is -2.30. The van der Waals surface area contributed by atoms with E-state index in [4.69, 9.17) is 0 Å². The van der Waals surface area contributed by atoms with Gasteiger partial charge in [0.2, 0.25) is 0 Å². The summed E-state index contributed by atoms with van der Waals surface area (Å²) in [6.07, 6.45) is 0. The molecule has 0 aromatic heterocycles. The zero-order valence-corrected chi connectivity index (χ0v) is 12.9. The number of carbonyl (C=O) groups is 2. The number of rotatable bonds is 4. The van der Waals surface area contributed by atoms with Crippen LogP contribution in [-0.4, -0.2) is 21.8 Å². The summed E-state index contributed by atoms with van der Waals surface area (Å²) in [5, 5.41) is 23.2.